The van der Waals surface area contributed by atoms with E-state index in [1.54, 1.807) is 19.9 Å². The van der Waals surface area contributed by atoms with Gasteiger partial charge in [0.1, 0.15) is 5.69 Å². The molecule has 31 heavy (non-hydrogen) atoms. The molecule has 0 aliphatic rings. The molecule has 4 nitrogen and oxygen atoms in total. The van der Waals surface area contributed by atoms with Crippen molar-refractivity contribution in [2.75, 3.05) is 5.32 Å². The van der Waals surface area contributed by atoms with Crippen molar-refractivity contribution >= 4 is 17.8 Å². The summed E-state index contributed by atoms with van der Waals surface area (Å²) in [7, 11) is 0. The average Bonchev–Trinajstić information content (AvgIpc) is 2.75. The molecule has 0 spiro atoms. The maximum atomic E-state index is 13.9. The zero-order chi connectivity index (χ0) is 22.7. The van der Waals surface area contributed by atoms with E-state index in [1.165, 1.54) is 6.20 Å². The van der Waals surface area contributed by atoms with Crippen LogP contribution < -0.4 is 5.32 Å². The van der Waals surface area contributed by atoms with Crippen molar-refractivity contribution in [2.24, 2.45) is 0 Å². The van der Waals surface area contributed by atoms with E-state index < -0.39 is 47.0 Å². The summed E-state index contributed by atoms with van der Waals surface area (Å²) in [6.07, 6.45) is 1.95. The number of carbonyl (C=O) groups is 1. The van der Waals surface area contributed by atoms with E-state index >= 15 is 0 Å². The standard InChI is InChI=1S/C22H16F5N3O/c1-11(2)8-14-22(28-10-15(29-14)12-6-4-3-5-7-12)30-16(31)9-13-17(23)19(25)21(27)20(26)18(13)24/h3-8,10H,9H2,1-2H3,(H,28,30,31). The van der Waals surface area contributed by atoms with Gasteiger partial charge in [0.05, 0.1) is 18.3 Å². The van der Waals surface area contributed by atoms with Gasteiger partial charge in [-0.05, 0) is 19.9 Å². The molecule has 3 aromatic rings. The third-order valence-corrected chi connectivity index (χ3v) is 4.19. The number of allylic oxidation sites excluding steroid dienone is 1. The molecule has 160 valence electrons. The fourth-order valence-corrected chi connectivity index (χ4v) is 2.76. The predicted molar refractivity (Wildman–Crippen MR) is 105 cm³/mol. The highest BCUT2D eigenvalue weighted by Crippen LogP contribution is 2.25. The smallest absolute Gasteiger partial charge is 0.230 e. The number of carbonyl (C=O) groups excluding carboxylic acids is 1. The topological polar surface area (TPSA) is 54.9 Å². The van der Waals surface area contributed by atoms with Gasteiger partial charge in [-0.25, -0.2) is 31.9 Å². The molecule has 0 aliphatic carbocycles. The van der Waals surface area contributed by atoms with E-state index in [-0.39, 0.29) is 11.5 Å². The summed E-state index contributed by atoms with van der Waals surface area (Å²) < 4.78 is 67.6. The summed E-state index contributed by atoms with van der Waals surface area (Å²) in [6, 6.07) is 9.10. The molecule has 1 heterocycles. The lowest BCUT2D eigenvalue weighted by Gasteiger charge is -2.11. The maximum absolute atomic E-state index is 13.9. The fraction of sp³-hybridized carbons (Fsp3) is 0.136. The molecule has 0 bridgehead atoms. The van der Waals surface area contributed by atoms with Crippen LogP contribution in [0.25, 0.3) is 17.3 Å². The molecule has 9 heteroatoms. The SMILES string of the molecule is CC(C)=Cc1nc(-c2ccccc2)cnc1NC(=O)Cc1c(F)c(F)c(F)c(F)c1F. The first-order valence-electron chi connectivity index (χ1n) is 9.06. The molecule has 0 atom stereocenters. The molecule has 2 aromatic carbocycles. The number of aromatic nitrogens is 2. The summed E-state index contributed by atoms with van der Waals surface area (Å²) in [5.74, 6) is -11.7. The second-order valence-electron chi connectivity index (χ2n) is 6.85. The van der Waals surface area contributed by atoms with Crippen LogP contribution in [0.4, 0.5) is 27.8 Å². The molecular formula is C22H16F5N3O. The zero-order valence-electron chi connectivity index (χ0n) is 16.4. The van der Waals surface area contributed by atoms with E-state index in [9.17, 15) is 26.7 Å². The highest BCUT2D eigenvalue weighted by Gasteiger charge is 2.27. The van der Waals surface area contributed by atoms with Crippen LogP contribution in [0.15, 0.2) is 42.1 Å². The summed E-state index contributed by atoms with van der Waals surface area (Å²) in [4.78, 5) is 20.9. The molecule has 0 fully saturated rings. The van der Waals surface area contributed by atoms with E-state index in [1.807, 2.05) is 30.3 Å². The van der Waals surface area contributed by atoms with Gasteiger partial charge in [0.2, 0.25) is 11.7 Å². The molecule has 0 aliphatic heterocycles. The zero-order valence-corrected chi connectivity index (χ0v) is 16.4. The first kappa shape index (κ1) is 22.1. The van der Waals surface area contributed by atoms with Gasteiger partial charge in [0.25, 0.3) is 0 Å². The Morgan fingerprint density at radius 3 is 2.10 bits per heavy atom. The van der Waals surface area contributed by atoms with Crippen molar-refractivity contribution in [1.82, 2.24) is 9.97 Å². The van der Waals surface area contributed by atoms with Crippen LogP contribution in [0.3, 0.4) is 0 Å². The number of benzene rings is 2. The lowest BCUT2D eigenvalue weighted by atomic mass is 10.1. The molecule has 0 radical (unpaired) electrons. The Bertz CT molecular complexity index is 1150. The van der Waals surface area contributed by atoms with Crippen LogP contribution in [-0.2, 0) is 11.2 Å². The number of amides is 1. The van der Waals surface area contributed by atoms with Crippen molar-refractivity contribution in [1.29, 1.82) is 0 Å². The highest BCUT2D eigenvalue weighted by atomic mass is 19.2. The average molecular weight is 433 g/mol. The highest BCUT2D eigenvalue weighted by molar-refractivity contribution is 5.93. The second kappa shape index (κ2) is 9.03. The minimum absolute atomic E-state index is 0.0187. The quantitative estimate of drug-likeness (QED) is 0.331. The van der Waals surface area contributed by atoms with Crippen molar-refractivity contribution in [3.8, 4) is 11.3 Å². The Kier molecular flexibility index (Phi) is 6.43. The second-order valence-corrected chi connectivity index (χ2v) is 6.85. The predicted octanol–water partition coefficient (Wildman–Crippen LogP) is 5.44. The lowest BCUT2D eigenvalue weighted by Crippen LogP contribution is -2.20. The number of halogens is 5. The van der Waals surface area contributed by atoms with Crippen LogP contribution in [0.5, 0.6) is 0 Å². The number of nitrogens with one attached hydrogen (secondary N) is 1. The van der Waals surface area contributed by atoms with E-state index in [0.29, 0.717) is 5.69 Å². The molecule has 1 amide bonds. The van der Waals surface area contributed by atoms with Gasteiger partial charge < -0.3 is 5.32 Å². The Morgan fingerprint density at radius 2 is 1.52 bits per heavy atom. The van der Waals surface area contributed by atoms with Crippen molar-refractivity contribution in [3.63, 3.8) is 0 Å². The van der Waals surface area contributed by atoms with E-state index in [2.05, 4.69) is 15.3 Å². The number of rotatable bonds is 5. The number of anilines is 1. The van der Waals surface area contributed by atoms with Gasteiger partial charge in [0, 0.05) is 11.1 Å². The van der Waals surface area contributed by atoms with Gasteiger partial charge in [-0.15, -0.1) is 0 Å². The summed E-state index contributed by atoms with van der Waals surface area (Å²) in [5, 5.41) is 2.32. The van der Waals surface area contributed by atoms with Crippen LogP contribution >= 0.6 is 0 Å². The van der Waals surface area contributed by atoms with Crippen LogP contribution in [0.2, 0.25) is 0 Å². The lowest BCUT2D eigenvalue weighted by molar-refractivity contribution is -0.115. The fourth-order valence-electron chi connectivity index (χ4n) is 2.76. The molecule has 1 aromatic heterocycles. The summed E-state index contributed by atoms with van der Waals surface area (Å²) in [6.45, 7) is 3.58. The molecular weight excluding hydrogens is 417 g/mol. The van der Waals surface area contributed by atoms with Crippen LogP contribution in [0, 0.1) is 29.1 Å². The third-order valence-electron chi connectivity index (χ3n) is 4.19. The van der Waals surface area contributed by atoms with Gasteiger partial charge in [-0.3, -0.25) is 4.79 Å². The number of hydrogen-bond acceptors (Lipinski definition) is 3. The summed E-state index contributed by atoms with van der Waals surface area (Å²) >= 11 is 0. The van der Waals surface area contributed by atoms with E-state index in [0.717, 1.165) is 11.1 Å². The molecule has 3 rings (SSSR count). The van der Waals surface area contributed by atoms with Gasteiger partial charge in [0.15, 0.2) is 29.1 Å². The van der Waals surface area contributed by atoms with Crippen LogP contribution in [-0.4, -0.2) is 15.9 Å². The van der Waals surface area contributed by atoms with Gasteiger partial charge in [-0.2, -0.15) is 0 Å². The molecule has 0 saturated carbocycles. The third kappa shape index (κ3) is 4.76. The normalized spacial score (nSPS) is 10.7. The van der Waals surface area contributed by atoms with Crippen molar-refractivity contribution in [3.05, 3.63) is 82.4 Å². The van der Waals surface area contributed by atoms with E-state index in [4.69, 9.17) is 0 Å². The molecule has 0 unspecified atom stereocenters. The Balaban J connectivity index is 1.92. The molecule has 0 saturated heterocycles. The van der Waals surface area contributed by atoms with Gasteiger partial charge >= 0.3 is 0 Å². The first-order valence-corrected chi connectivity index (χ1v) is 9.06. The Hall–Kier alpha value is -3.62. The minimum atomic E-state index is -2.28. The number of nitrogens with zero attached hydrogens (tertiary/aromatic N) is 2. The van der Waals surface area contributed by atoms with Crippen LogP contribution in [0.1, 0.15) is 25.1 Å². The Labute approximate surface area is 174 Å². The number of hydrogen-bond donors (Lipinski definition) is 1. The first-order chi connectivity index (χ1) is 14.7. The van der Waals surface area contributed by atoms with Gasteiger partial charge in [-0.1, -0.05) is 35.9 Å². The Morgan fingerprint density at radius 1 is 0.935 bits per heavy atom. The maximum Gasteiger partial charge on any atom is 0.230 e. The van der Waals surface area contributed by atoms with Crippen molar-refractivity contribution in [2.45, 2.75) is 20.3 Å². The molecule has 1 N–H and O–H groups in total. The largest absolute Gasteiger partial charge is 0.309 e. The minimum Gasteiger partial charge on any atom is -0.309 e. The van der Waals surface area contributed by atoms with Crippen molar-refractivity contribution < 1.29 is 26.7 Å². The summed E-state index contributed by atoms with van der Waals surface area (Å²) in [5.41, 5.74) is 1.16. The monoisotopic (exact) mass is 433 g/mol.